The van der Waals surface area contributed by atoms with Gasteiger partial charge >= 0.3 is 0 Å². The number of rotatable bonds is 5. The SMILES string of the molecule is CCCC1=Nc2n[nH]c(CCC)c2C(c2ccccc2Cl)C1C#N. The van der Waals surface area contributed by atoms with Crippen molar-refractivity contribution < 1.29 is 0 Å². The highest BCUT2D eigenvalue weighted by Gasteiger charge is 2.38. The van der Waals surface area contributed by atoms with Gasteiger partial charge in [-0.15, -0.1) is 0 Å². The van der Waals surface area contributed by atoms with Crippen LogP contribution in [0, 0.1) is 17.2 Å². The first kappa shape index (κ1) is 16.7. The topological polar surface area (TPSA) is 64.8 Å². The standard InChI is InChI=1S/C19H21ClN4/c1-3-7-15-13(11-21)17(12-9-5-6-10-14(12)20)18-16(8-4-2)23-24-19(18)22-15/h5-6,9-10,13,17H,3-4,7-8H2,1-2H3,(H,23,24). The highest BCUT2D eigenvalue weighted by Crippen LogP contribution is 2.45. The number of nitrogens with one attached hydrogen (secondary N) is 1. The minimum absolute atomic E-state index is 0.113. The molecule has 5 heteroatoms. The number of benzene rings is 1. The van der Waals surface area contributed by atoms with Crippen molar-refractivity contribution in [1.82, 2.24) is 10.2 Å². The fourth-order valence-corrected chi connectivity index (χ4v) is 3.73. The number of fused-ring (bicyclic) bond motifs is 1. The summed E-state index contributed by atoms with van der Waals surface area (Å²) >= 11 is 6.49. The number of nitrogens with zero attached hydrogens (tertiary/aromatic N) is 3. The van der Waals surface area contributed by atoms with Crippen LogP contribution in [-0.2, 0) is 6.42 Å². The van der Waals surface area contributed by atoms with E-state index >= 15 is 0 Å². The Morgan fingerprint density at radius 2 is 1.96 bits per heavy atom. The number of aryl methyl sites for hydroxylation is 1. The largest absolute Gasteiger partial charge is 0.280 e. The molecule has 0 amide bonds. The second-order valence-electron chi connectivity index (χ2n) is 6.15. The molecule has 4 nitrogen and oxygen atoms in total. The van der Waals surface area contributed by atoms with E-state index in [1.165, 1.54) is 0 Å². The van der Waals surface area contributed by atoms with Crippen LogP contribution in [0.1, 0.15) is 55.8 Å². The van der Waals surface area contributed by atoms with Gasteiger partial charge in [-0.2, -0.15) is 10.4 Å². The van der Waals surface area contributed by atoms with E-state index in [4.69, 9.17) is 16.6 Å². The number of hydrogen-bond acceptors (Lipinski definition) is 3. The zero-order chi connectivity index (χ0) is 17.1. The van der Waals surface area contributed by atoms with Crippen molar-refractivity contribution in [2.45, 2.75) is 45.4 Å². The van der Waals surface area contributed by atoms with Crippen molar-refractivity contribution >= 4 is 23.1 Å². The van der Waals surface area contributed by atoms with Gasteiger partial charge in [-0.25, -0.2) is 4.99 Å². The molecule has 0 bridgehead atoms. The molecule has 1 aromatic carbocycles. The molecule has 0 spiro atoms. The molecule has 24 heavy (non-hydrogen) atoms. The average molecular weight is 341 g/mol. The van der Waals surface area contributed by atoms with Gasteiger partial charge in [0.2, 0.25) is 0 Å². The summed E-state index contributed by atoms with van der Waals surface area (Å²) in [6.45, 7) is 4.23. The highest BCUT2D eigenvalue weighted by atomic mass is 35.5. The van der Waals surface area contributed by atoms with E-state index < -0.39 is 0 Å². The molecule has 1 N–H and O–H groups in total. The van der Waals surface area contributed by atoms with Crippen LogP contribution in [0.15, 0.2) is 29.3 Å². The molecule has 1 aromatic heterocycles. The lowest BCUT2D eigenvalue weighted by molar-refractivity contribution is 0.688. The van der Waals surface area contributed by atoms with Gasteiger partial charge in [0.05, 0.1) is 12.0 Å². The van der Waals surface area contributed by atoms with Gasteiger partial charge in [0, 0.05) is 27.9 Å². The summed E-state index contributed by atoms with van der Waals surface area (Å²) in [5.41, 5.74) is 3.99. The molecule has 0 saturated carbocycles. The predicted octanol–water partition coefficient (Wildman–Crippen LogP) is 5.17. The third kappa shape index (κ3) is 2.85. The molecule has 0 aliphatic carbocycles. The lowest BCUT2D eigenvalue weighted by Gasteiger charge is -2.28. The first-order valence-corrected chi connectivity index (χ1v) is 8.87. The molecule has 0 fully saturated rings. The van der Waals surface area contributed by atoms with Crippen LogP contribution < -0.4 is 0 Å². The molecule has 1 aliphatic heterocycles. The number of aliphatic imine (C=N–C) groups is 1. The summed E-state index contributed by atoms with van der Waals surface area (Å²) < 4.78 is 0. The molecule has 2 aromatic rings. The zero-order valence-corrected chi connectivity index (χ0v) is 14.8. The van der Waals surface area contributed by atoms with Crippen LogP contribution in [0.2, 0.25) is 5.02 Å². The highest BCUT2D eigenvalue weighted by molar-refractivity contribution is 6.31. The molecule has 2 heterocycles. The fraction of sp³-hybridized carbons (Fsp3) is 0.421. The molecule has 124 valence electrons. The van der Waals surface area contributed by atoms with Gasteiger partial charge in [-0.05, 0) is 24.5 Å². The third-order valence-electron chi connectivity index (χ3n) is 4.50. The molecule has 1 aliphatic rings. The minimum Gasteiger partial charge on any atom is -0.280 e. The van der Waals surface area contributed by atoms with Crippen LogP contribution in [0.5, 0.6) is 0 Å². The second kappa shape index (κ2) is 7.19. The van der Waals surface area contributed by atoms with Gasteiger partial charge in [0.25, 0.3) is 0 Å². The van der Waals surface area contributed by atoms with E-state index in [-0.39, 0.29) is 11.8 Å². The monoisotopic (exact) mass is 340 g/mol. The number of aromatic nitrogens is 2. The van der Waals surface area contributed by atoms with Crippen LogP contribution in [0.4, 0.5) is 5.82 Å². The number of hydrogen-bond donors (Lipinski definition) is 1. The van der Waals surface area contributed by atoms with Crippen molar-refractivity contribution in [3.63, 3.8) is 0 Å². The Bertz CT molecular complexity index is 800. The van der Waals surface area contributed by atoms with Gasteiger partial charge in [0.1, 0.15) is 0 Å². The normalized spacial score (nSPS) is 19.5. The van der Waals surface area contributed by atoms with E-state index in [9.17, 15) is 5.26 Å². The Balaban J connectivity index is 2.21. The fourth-order valence-electron chi connectivity index (χ4n) is 3.47. The maximum Gasteiger partial charge on any atom is 0.177 e. The quantitative estimate of drug-likeness (QED) is 0.815. The lowest BCUT2D eigenvalue weighted by atomic mass is 9.75. The summed E-state index contributed by atoms with van der Waals surface area (Å²) in [6.07, 6.45) is 3.65. The third-order valence-corrected chi connectivity index (χ3v) is 4.85. The minimum atomic E-state index is -0.300. The Morgan fingerprint density at radius 3 is 2.62 bits per heavy atom. The summed E-state index contributed by atoms with van der Waals surface area (Å²) in [5, 5.41) is 18.1. The summed E-state index contributed by atoms with van der Waals surface area (Å²) in [5.74, 6) is 0.307. The summed E-state index contributed by atoms with van der Waals surface area (Å²) in [7, 11) is 0. The number of halogens is 1. The Hall–Kier alpha value is -2.12. The van der Waals surface area contributed by atoms with Crippen LogP contribution in [-0.4, -0.2) is 15.9 Å². The Morgan fingerprint density at radius 1 is 1.21 bits per heavy atom. The smallest absolute Gasteiger partial charge is 0.177 e. The van der Waals surface area contributed by atoms with Gasteiger partial charge in [-0.3, -0.25) is 5.10 Å². The van der Waals surface area contributed by atoms with E-state index in [1.54, 1.807) is 0 Å². The van der Waals surface area contributed by atoms with Crippen molar-refractivity contribution in [2.24, 2.45) is 10.9 Å². The van der Waals surface area contributed by atoms with E-state index in [0.29, 0.717) is 5.02 Å². The first-order valence-electron chi connectivity index (χ1n) is 8.49. The average Bonchev–Trinajstić information content (AvgIpc) is 2.98. The Labute approximate surface area is 147 Å². The summed E-state index contributed by atoms with van der Waals surface area (Å²) in [4.78, 5) is 4.70. The maximum absolute atomic E-state index is 9.89. The maximum atomic E-state index is 9.89. The molecular weight excluding hydrogens is 320 g/mol. The first-order chi connectivity index (χ1) is 11.7. The predicted molar refractivity (Wildman–Crippen MR) is 97.0 cm³/mol. The number of aromatic amines is 1. The van der Waals surface area contributed by atoms with E-state index in [0.717, 1.165) is 54.0 Å². The van der Waals surface area contributed by atoms with Crippen molar-refractivity contribution in [3.05, 3.63) is 46.1 Å². The molecular formula is C19H21ClN4. The second-order valence-corrected chi connectivity index (χ2v) is 6.56. The summed E-state index contributed by atoms with van der Waals surface area (Å²) in [6, 6.07) is 10.3. The van der Waals surface area contributed by atoms with Crippen molar-refractivity contribution in [2.75, 3.05) is 0 Å². The molecule has 0 saturated heterocycles. The van der Waals surface area contributed by atoms with Crippen molar-refractivity contribution in [1.29, 1.82) is 5.26 Å². The molecule has 3 rings (SSSR count). The lowest BCUT2D eigenvalue weighted by Crippen LogP contribution is -2.26. The molecule has 0 radical (unpaired) electrons. The number of H-pyrrole nitrogens is 1. The van der Waals surface area contributed by atoms with Crippen LogP contribution >= 0.6 is 11.6 Å². The number of nitriles is 1. The molecule has 2 atom stereocenters. The van der Waals surface area contributed by atoms with E-state index in [1.807, 2.05) is 24.3 Å². The zero-order valence-electron chi connectivity index (χ0n) is 14.0. The molecule has 2 unspecified atom stereocenters. The van der Waals surface area contributed by atoms with Crippen LogP contribution in [0.3, 0.4) is 0 Å². The van der Waals surface area contributed by atoms with Crippen molar-refractivity contribution in [3.8, 4) is 6.07 Å². The van der Waals surface area contributed by atoms with Gasteiger partial charge < -0.3 is 0 Å². The van der Waals surface area contributed by atoms with Gasteiger partial charge in [0.15, 0.2) is 5.82 Å². The van der Waals surface area contributed by atoms with Crippen LogP contribution in [0.25, 0.3) is 0 Å². The van der Waals surface area contributed by atoms with E-state index in [2.05, 4.69) is 30.1 Å². The Kier molecular flexibility index (Phi) is 5.01. The van der Waals surface area contributed by atoms with Gasteiger partial charge in [-0.1, -0.05) is 56.5 Å².